The molecule has 0 aromatic heterocycles. The first kappa shape index (κ1) is 9.90. The molecule has 0 aromatic rings. The van der Waals surface area contributed by atoms with Crippen LogP contribution in [0, 0.1) is 0 Å². The second-order valence-corrected chi connectivity index (χ2v) is 2.11. The van der Waals surface area contributed by atoms with E-state index in [1.165, 1.54) is 0 Å². The number of nitrogens with two attached hydrogens (primary N) is 1. The van der Waals surface area contributed by atoms with Crippen molar-refractivity contribution < 1.29 is 14.7 Å². The van der Waals surface area contributed by atoms with Gasteiger partial charge in [-0.3, -0.25) is 9.59 Å². The largest absolute Gasteiger partial charge is 0.481 e. The summed E-state index contributed by atoms with van der Waals surface area (Å²) in [5.41, 5.74) is 4.84. The van der Waals surface area contributed by atoms with Gasteiger partial charge in [0.2, 0.25) is 5.91 Å². The predicted octanol–water partition coefficient (Wildman–Crippen LogP) is -1.07. The zero-order valence-electron chi connectivity index (χ0n) is 6.17. The monoisotopic (exact) mass is 160 g/mol. The summed E-state index contributed by atoms with van der Waals surface area (Å²) in [5, 5.41) is 11.0. The van der Waals surface area contributed by atoms with Gasteiger partial charge in [-0.2, -0.15) is 0 Å². The van der Waals surface area contributed by atoms with Crippen LogP contribution in [0.4, 0.5) is 0 Å². The van der Waals surface area contributed by atoms with E-state index in [9.17, 15) is 9.59 Å². The summed E-state index contributed by atoms with van der Waals surface area (Å²) in [6.07, 6.45) is 0.318. The number of carboxylic acid groups (broad SMARTS) is 1. The van der Waals surface area contributed by atoms with Gasteiger partial charge >= 0.3 is 5.97 Å². The van der Waals surface area contributed by atoms with Gasteiger partial charge in [0.05, 0.1) is 6.42 Å². The fourth-order valence-corrected chi connectivity index (χ4v) is 0.532. The van der Waals surface area contributed by atoms with Gasteiger partial charge in [0.1, 0.15) is 0 Å². The molecule has 0 aromatic carbocycles. The molecule has 5 nitrogen and oxygen atoms in total. The quantitative estimate of drug-likeness (QED) is 0.431. The van der Waals surface area contributed by atoms with Crippen LogP contribution in [0.15, 0.2) is 0 Å². The van der Waals surface area contributed by atoms with Crippen LogP contribution in [0.3, 0.4) is 0 Å². The molecule has 0 aliphatic heterocycles. The fourth-order valence-electron chi connectivity index (χ4n) is 0.532. The lowest BCUT2D eigenvalue weighted by Crippen LogP contribution is -2.24. The summed E-state index contributed by atoms with van der Waals surface area (Å²) in [7, 11) is 0. The van der Waals surface area contributed by atoms with Gasteiger partial charge in [-0.25, -0.2) is 0 Å². The lowest BCUT2D eigenvalue weighted by atomic mass is 10.4. The van der Waals surface area contributed by atoms with Crippen molar-refractivity contribution >= 4 is 11.9 Å². The highest BCUT2D eigenvalue weighted by atomic mass is 16.4. The van der Waals surface area contributed by atoms with Crippen LogP contribution in [0.1, 0.15) is 12.8 Å². The molecule has 0 aliphatic carbocycles. The molecule has 0 saturated carbocycles. The first-order valence-corrected chi connectivity index (χ1v) is 3.33. The topological polar surface area (TPSA) is 92.4 Å². The number of hydrogen-bond donors (Lipinski definition) is 3. The Hall–Kier alpha value is -1.10. The van der Waals surface area contributed by atoms with E-state index in [0.29, 0.717) is 13.1 Å². The maximum Gasteiger partial charge on any atom is 0.304 e. The van der Waals surface area contributed by atoms with Gasteiger partial charge in [-0.15, -0.1) is 0 Å². The maximum atomic E-state index is 10.2. The molecular weight excluding hydrogens is 148 g/mol. The van der Waals surface area contributed by atoms with Gasteiger partial charge in [-0.1, -0.05) is 0 Å². The molecule has 4 N–H and O–H groups in total. The van der Waals surface area contributed by atoms with Gasteiger partial charge < -0.3 is 16.2 Å². The van der Waals surface area contributed by atoms with Crippen LogP contribution in [-0.4, -0.2) is 30.1 Å². The molecule has 0 atom stereocenters. The standard InChI is InChI=1S/C6H12N2O3/c7-5(9)1-3-8-4-2-6(10)11/h8H,1-4H2,(H2,7,9)(H,10,11). The fraction of sp³-hybridized carbons (Fsp3) is 0.667. The average molecular weight is 160 g/mol. The van der Waals surface area contributed by atoms with Crippen LogP contribution in [0.25, 0.3) is 0 Å². The van der Waals surface area contributed by atoms with E-state index in [1.54, 1.807) is 0 Å². The number of hydrogen-bond acceptors (Lipinski definition) is 3. The minimum atomic E-state index is -0.850. The van der Waals surface area contributed by atoms with Gasteiger partial charge in [0.25, 0.3) is 0 Å². The second kappa shape index (κ2) is 5.67. The number of amides is 1. The first-order valence-electron chi connectivity index (χ1n) is 3.33. The van der Waals surface area contributed by atoms with E-state index in [0.717, 1.165) is 0 Å². The molecule has 0 unspecified atom stereocenters. The molecule has 0 rings (SSSR count). The Morgan fingerprint density at radius 2 is 1.82 bits per heavy atom. The van der Waals surface area contributed by atoms with Crippen molar-refractivity contribution in [2.75, 3.05) is 13.1 Å². The summed E-state index contributed by atoms with van der Waals surface area (Å²) in [4.78, 5) is 20.1. The molecule has 11 heavy (non-hydrogen) atoms. The van der Waals surface area contributed by atoms with E-state index in [1.807, 2.05) is 0 Å². The van der Waals surface area contributed by atoms with E-state index >= 15 is 0 Å². The van der Waals surface area contributed by atoms with E-state index in [4.69, 9.17) is 10.8 Å². The third-order valence-electron chi connectivity index (χ3n) is 1.06. The zero-order chi connectivity index (χ0) is 8.69. The van der Waals surface area contributed by atoms with Crippen molar-refractivity contribution in [2.24, 2.45) is 5.73 Å². The Morgan fingerprint density at radius 3 is 2.27 bits per heavy atom. The van der Waals surface area contributed by atoms with Gasteiger partial charge in [0.15, 0.2) is 0 Å². The zero-order valence-corrected chi connectivity index (χ0v) is 6.17. The van der Waals surface area contributed by atoms with Gasteiger partial charge in [0, 0.05) is 19.5 Å². The summed E-state index contributed by atoms with van der Waals surface area (Å²) in [5.74, 6) is -1.23. The van der Waals surface area contributed by atoms with Crippen LogP contribution in [-0.2, 0) is 9.59 Å². The van der Waals surface area contributed by atoms with Crippen molar-refractivity contribution in [3.8, 4) is 0 Å². The van der Waals surface area contributed by atoms with Crippen LogP contribution in [0.5, 0.6) is 0 Å². The van der Waals surface area contributed by atoms with Gasteiger partial charge in [-0.05, 0) is 0 Å². The Kier molecular flexibility index (Phi) is 5.10. The molecule has 64 valence electrons. The number of carbonyl (C=O) groups is 2. The molecule has 0 fully saturated rings. The number of rotatable bonds is 6. The molecule has 0 saturated heterocycles. The normalized spacial score (nSPS) is 9.45. The molecule has 0 radical (unpaired) electrons. The molecule has 0 spiro atoms. The highest BCUT2D eigenvalue weighted by Gasteiger charge is 1.96. The predicted molar refractivity (Wildman–Crippen MR) is 38.9 cm³/mol. The second-order valence-electron chi connectivity index (χ2n) is 2.11. The number of aliphatic carboxylic acids is 1. The minimum Gasteiger partial charge on any atom is -0.481 e. The minimum absolute atomic E-state index is 0.0682. The third kappa shape index (κ3) is 8.90. The molecule has 5 heteroatoms. The van der Waals surface area contributed by atoms with E-state index in [2.05, 4.69) is 5.32 Å². The number of carboxylic acids is 1. The van der Waals surface area contributed by atoms with Crippen molar-refractivity contribution in [2.45, 2.75) is 12.8 Å². The number of primary amides is 1. The van der Waals surface area contributed by atoms with Crippen LogP contribution < -0.4 is 11.1 Å². The van der Waals surface area contributed by atoms with Crippen molar-refractivity contribution in [1.82, 2.24) is 5.32 Å². The van der Waals surface area contributed by atoms with Crippen LogP contribution in [0.2, 0.25) is 0 Å². The molecule has 0 bridgehead atoms. The van der Waals surface area contributed by atoms with Crippen molar-refractivity contribution in [3.05, 3.63) is 0 Å². The summed E-state index contributed by atoms with van der Waals surface area (Å²) in [6.45, 7) is 0.825. The molecule has 1 amide bonds. The summed E-state index contributed by atoms with van der Waals surface area (Å²) >= 11 is 0. The Balaban J connectivity index is 3.03. The van der Waals surface area contributed by atoms with Crippen molar-refractivity contribution in [1.29, 1.82) is 0 Å². The molecular formula is C6H12N2O3. The average Bonchev–Trinajstić information content (AvgIpc) is 1.85. The van der Waals surface area contributed by atoms with E-state index < -0.39 is 5.97 Å². The lowest BCUT2D eigenvalue weighted by Gasteiger charge is -1.98. The first-order chi connectivity index (χ1) is 5.13. The van der Waals surface area contributed by atoms with Crippen LogP contribution >= 0.6 is 0 Å². The number of nitrogens with one attached hydrogen (secondary N) is 1. The Labute approximate surface area is 64.6 Å². The lowest BCUT2D eigenvalue weighted by molar-refractivity contribution is -0.136. The molecule has 0 heterocycles. The Bertz CT molecular complexity index is 131. The smallest absolute Gasteiger partial charge is 0.304 e. The van der Waals surface area contributed by atoms with E-state index in [-0.39, 0.29) is 18.7 Å². The summed E-state index contributed by atoms with van der Waals surface area (Å²) in [6, 6.07) is 0. The number of carbonyl (C=O) groups excluding carboxylic acids is 1. The Morgan fingerprint density at radius 1 is 1.27 bits per heavy atom. The maximum absolute atomic E-state index is 10.2. The highest BCUT2D eigenvalue weighted by molar-refractivity contribution is 5.73. The highest BCUT2D eigenvalue weighted by Crippen LogP contribution is 1.76. The SMILES string of the molecule is NC(=O)CCNCCC(=O)O. The van der Waals surface area contributed by atoms with Crippen molar-refractivity contribution in [3.63, 3.8) is 0 Å². The molecule has 0 aliphatic rings. The summed E-state index contributed by atoms with van der Waals surface area (Å²) < 4.78 is 0. The third-order valence-corrected chi connectivity index (χ3v) is 1.06.